The van der Waals surface area contributed by atoms with Crippen LogP contribution < -0.4 is 0 Å². The fourth-order valence-electron chi connectivity index (χ4n) is 2.48. The van der Waals surface area contributed by atoms with Crippen LogP contribution in [0.3, 0.4) is 0 Å². The first-order valence-corrected chi connectivity index (χ1v) is 8.14. The topological polar surface area (TPSA) is 20.2 Å². The van der Waals surface area contributed by atoms with Gasteiger partial charge in [0.1, 0.15) is 0 Å². The zero-order valence-electron chi connectivity index (χ0n) is 11.5. The Kier molecular flexibility index (Phi) is 5.13. The first-order valence-electron chi connectivity index (χ1n) is 7.09. The Morgan fingerprint density at radius 1 is 1.28 bits per heavy atom. The van der Waals surface area contributed by atoms with E-state index in [9.17, 15) is 5.11 Å². The minimum Gasteiger partial charge on any atom is -0.392 e. The van der Waals surface area contributed by atoms with Crippen molar-refractivity contribution in [1.82, 2.24) is 0 Å². The van der Waals surface area contributed by atoms with E-state index in [2.05, 4.69) is 32.0 Å². The number of hydrogen-bond donors (Lipinski definition) is 1. The third-order valence-electron chi connectivity index (χ3n) is 3.78. The van der Waals surface area contributed by atoms with Gasteiger partial charge in [0.25, 0.3) is 0 Å². The summed E-state index contributed by atoms with van der Waals surface area (Å²) in [6.45, 7) is 4.43. The van der Waals surface area contributed by atoms with Crippen LogP contribution in [0, 0.1) is 0 Å². The summed E-state index contributed by atoms with van der Waals surface area (Å²) in [5.41, 5.74) is 4.32. The molecule has 18 heavy (non-hydrogen) atoms. The zero-order valence-corrected chi connectivity index (χ0v) is 12.3. The standard InChI is InChI=1S/C16H24OS/c1-3-12(2)18-11-16(17)10-13-7-8-14-5-4-6-15(14)9-13/h7-9,12,16-17H,3-6,10-11H2,1-2H3. The van der Waals surface area contributed by atoms with E-state index >= 15 is 0 Å². The predicted octanol–water partition coefficient (Wildman–Crippen LogP) is 3.61. The van der Waals surface area contributed by atoms with Crippen molar-refractivity contribution in [3.63, 3.8) is 0 Å². The maximum Gasteiger partial charge on any atom is 0.0670 e. The van der Waals surface area contributed by atoms with E-state index in [1.807, 2.05) is 11.8 Å². The normalized spacial score (nSPS) is 17.5. The summed E-state index contributed by atoms with van der Waals surface area (Å²) in [6.07, 6.45) is 5.53. The number of thioether (sulfide) groups is 1. The molecule has 2 unspecified atom stereocenters. The van der Waals surface area contributed by atoms with Gasteiger partial charge in [0.15, 0.2) is 0 Å². The second-order valence-electron chi connectivity index (χ2n) is 5.37. The second kappa shape index (κ2) is 6.63. The van der Waals surface area contributed by atoms with Crippen molar-refractivity contribution in [3.8, 4) is 0 Å². The van der Waals surface area contributed by atoms with Crippen LogP contribution in [0.25, 0.3) is 0 Å². The van der Waals surface area contributed by atoms with Crippen LogP contribution in [0.5, 0.6) is 0 Å². The van der Waals surface area contributed by atoms with Gasteiger partial charge in [0.05, 0.1) is 6.10 Å². The molecule has 0 aromatic heterocycles. The van der Waals surface area contributed by atoms with Crippen molar-refractivity contribution in [2.24, 2.45) is 0 Å². The van der Waals surface area contributed by atoms with E-state index in [1.54, 1.807) is 0 Å². The third kappa shape index (κ3) is 3.76. The summed E-state index contributed by atoms with van der Waals surface area (Å²) < 4.78 is 0. The molecule has 0 aliphatic heterocycles. The smallest absolute Gasteiger partial charge is 0.0670 e. The van der Waals surface area contributed by atoms with Crippen LogP contribution in [-0.4, -0.2) is 22.2 Å². The highest BCUT2D eigenvalue weighted by atomic mass is 32.2. The Hall–Kier alpha value is -0.470. The monoisotopic (exact) mass is 264 g/mol. The molecule has 1 aromatic rings. The van der Waals surface area contributed by atoms with Crippen LogP contribution in [0.15, 0.2) is 18.2 Å². The summed E-state index contributed by atoms with van der Waals surface area (Å²) >= 11 is 1.88. The first-order chi connectivity index (χ1) is 8.69. The molecule has 2 rings (SSSR count). The average molecular weight is 264 g/mol. The molecule has 0 radical (unpaired) electrons. The number of aliphatic hydroxyl groups excluding tert-OH is 1. The fourth-order valence-corrected chi connectivity index (χ4v) is 3.38. The van der Waals surface area contributed by atoms with Gasteiger partial charge in [-0.25, -0.2) is 0 Å². The van der Waals surface area contributed by atoms with Gasteiger partial charge in [-0.2, -0.15) is 11.8 Å². The van der Waals surface area contributed by atoms with Gasteiger partial charge in [-0.3, -0.25) is 0 Å². The number of fused-ring (bicyclic) bond motifs is 1. The summed E-state index contributed by atoms with van der Waals surface area (Å²) in [6, 6.07) is 6.76. The first kappa shape index (κ1) is 14.0. The fraction of sp³-hybridized carbons (Fsp3) is 0.625. The molecule has 1 nitrogen and oxygen atoms in total. The maximum atomic E-state index is 10.1. The molecule has 1 aromatic carbocycles. The Morgan fingerprint density at radius 3 is 2.83 bits per heavy atom. The second-order valence-corrected chi connectivity index (χ2v) is 6.84. The summed E-state index contributed by atoms with van der Waals surface area (Å²) in [5, 5.41) is 10.7. The average Bonchev–Trinajstić information content (AvgIpc) is 2.83. The summed E-state index contributed by atoms with van der Waals surface area (Å²) in [5.74, 6) is 0.853. The molecule has 0 heterocycles. The molecule has 1 aliphatic rings. The Bertz CT molecular complexity index is 389. The minimum absolute atomic E-state index is 0.205. The Morgan fingerprint density at radius 2 is 2.06 bits per heavy atom. The SMILES string of the molecule is CCC(C)SCC(O)Cc1ccc2c(c1)CCC2. The largest absolute Gasteiger partial charge is 0.392 e. The summed E-state index contributed by atoms with van der Waals surface area (Å²) in [4.78, 5) is 0. The van der Waals surface area contributed by atoms with Crippen LogP contribution in [0.4, 0.5) is 0 Å². The molecule has 0 bridgehead atoms. The van der Waals surface area contributed by atoms with E-state index in [1.165, 1.54) is 42.4 Å². The highest BCUT2D eigenvalue weighted by Crippen LogP contribution is 2.24. The van der Waals surface area contributed by atoms with Crippen LogP contribution in [0.2, 0.25) is 0 Å². The highest BCUT2D eigenvalue weighted by Gasteiger charge is 2.13. The van der Waals surface area contributed by atoms with Gasteiger partial charge >= 0.3 is 0 Å². The van der Waals surface area contributed by atoms with Crippen LogP contribution >= 0.6 is 11.8 Å². The van der Waals surface area contributed by atoms with Crippen molar-refractivity contribution in [3.05, 3.63) is 34.9 Å². The number of benzene rings is 1. The van der Waals surface area contributed by atoms with Crippen molar-refractivity contribution in [2.45, 2.75) is 57.3 Å². The number of aryl methyl sites for hydroxylation is 2. The number of rotatable bonds is 6. The van der Waals surface area contributed by atoms with Gasteiger partial charge < -0.3 is 5.11 Å². The molecular formula is C16H24OS. The molecule has 1 N–H and O–H groups in total. The lowest BCUT2D eigenvalue weighted by Crippen LogP contribution is -2.15. The quantitative estimate of drug-likeness (QED) is 0.847. The van der Waals surface area contributed by atoms with Gasteiger partial charge in [-0.1, -0.05) is 32.0 Å². The number of hydrogen-bond acceptors (Lipinski definition) is 2. The lowest BCUT2D eigenvalue weighted by molar-refractivity contribution is 0.200. The third-order valence-corrected chi connectivity index (χ3v) is 5.26. The number of aliphatic hydroxyl groups is 1. The molecule has 100 valence electrons. The van der Waals surface area contributed by atoms with Gasteiger partial charge in [0, 0.05) is 11.0 Å². The Balaban J connectivity index is 1.85. The van der Waals surface area contributed by atoms with Gasteiger partial charge in [0.2, 0.25) is 0 Å². The van der Waals surface area contributed by atoms with E-state index < -0.39 is 0 Å². The van der Waals surface area contributed by atoms with Crippen LogP contribution in [-0.2, 0) is 19.3 Å². The van der Waals surface area contributed by atoms with Gasteiger partial charge in [-0.05, 0) is 48.8 Å². The molecule has 2 heteroatoms. The zero-order chi connectivity index (χ0) is 13.0. The molecule has 0 amide bonds. The molecule has 0 saturated carbocycles. The maximum absolute atomic E-state index is 10.1. The van der Waals surface area contributed by atoms with E-state index in [-0.39, 0.29) is 6.10 Å². The molecule has 2 atom stereocenters. The molecule has 0 spiro atoms. The Labute approximate surface area is 115 Å². The van der Waals surface area contributed by atoms with Gasteiger partial charge in [-0.15, -0.1) is 0 Å². The van der Waals surface area contributed by atoms with E-state index in [0.29, 0.717) is 5.25 Å². The van der Waals surface area contributed by atoms with Crippen molar-refractivity contribution in [2.75, 3.05) is 5.75 Å². The molecule has 0 saturated heterocycles. The minimum atomic E-state index is -0.205. The highest BCUT2D eigenvalue weighted by molar-refractivity contribution is 7.99. The van der Waals surface area contributed by atoms with Crippen molar-refractivity contribution >= 4 is 11.8 Å². The summed E-state index contributed by atoms with van der Waals surface area (Å²) in [7, 11) is 0. The van der Waals surface area contributed by atoms with Crippen molar-refractivity contribution < 1.29 is 5.11 Å². The molecular weight excluding hydrogens is 240 g/mol. The lowest BCUT2D eigenvalue weighted by Gasteiger charge is -2.14. The van der Waals surface area contributed by atoms with E-state index in [0.717, 1.165) is 12.2 Å². The van der Waals surface area contributed by atoms with Crippen molar-refractivity contribution in [1.29, 1.82) is 0 Å². The lowest BCUT2D eigenvalue weighted by atomic mass is 10.0. The van der Waals surface area contributed by atoms with E-state index in [4.69, 9.17) is 0 Å². The predicted molar refractivity (Wildman–Crippen MR) is 80.4 cm³/mol. The molecule has 0 fully saturated rings. The van der Waals surface area contributed by atoms with Crippen LogP contribution in [0.1, 0.15) is 43.4 Å². The molecule has 1 aliphatic carbocycles.